The molecule has 8 nitrogen and oxygen atoms in total. The number of tetrazole rings is 1. The number of hydrogen-bond donors (Lipinski definition) is 2. The highest BCUT2D eigenvalue weighted by Crippen LogP contribution is 2.41. The Morgan fingerprint density at radius 2 is 1.54 bits per heavy atom. The Kier molecular flexibility index (Phi) is 7.28. The molecule has 1 aliphatic rings. The molecule has 2 aromatic carbocycles. The summed E-state index contributed by atoms with van der Waals surface area (Å²) < 4.78 is 0. The molecule has 0 amide bonds. The Bertz CT molecular complexity index is 1320. The zero-order chi connectivity index (χ0) is 25.9. The number of nitrogens with one attached hydrogen (secondary N) is 1. The maximum absolute atomic E-state index is 11.3. The first-order valence-electron chi connectivity index (χ1n) is 13.2. The van der Waals surface area contributed by atoms with Crippen molar-refractivity contribution >= 4 is 5.82 Å². The molecule has 192 valence electrons. The van der Waals surface area contributed by atoms with E-state index >= 15 is 0 Å². The quantitative estimate of drug-likeness (QED) is 0.315. The van der Waals surface area contributed by atoms with E-state index in [4.69, 9.17) is 9.97 Å². The summed E-state index contributed by atoms with van der Waals surface area (Å²) in [5.74, 6) is 1.61. The topological polar surface area (TPSA) is 104 Å². The van der Waals surface area contributed by atoms with E-state index in [0.717, 1.165) is 59.8 Å². The standard InChI is InChI=1S/C29H35N7O/c1-18(2)36-23(7-5-6-8-25-32-34-35-33-25)17-24(37)28-29(36)31-27(22-15-11-20(4)12-16-22)26(30-28)21-13-9-19(3)10-14-21/h9-16,18,23-24,37H,5-8,17H2,1-4H3,(H,32,33,34,35). The van der Waals surface area contributed by atoms with Gasteiger partial charge in [0.15, 0.2) is 5.82 Å². The summed E-state index contributed by atoms with van der Waals surface area (Å²) in [4.78, 5) is 12.7. The summed E-state index contributed by atoms with van der Waals surface area (Å²) in [6.45, 7) is 8.55. The molecule has 0 saturated carbocycles. The van der Waals surface area contributed by atoms with E-state index in [2.05, 4.69) is 102 Å². The average Bonchev–Trinajstić information content (AvgIpc) is 3.40. The number of anilines is 1. The lowest BCUT2D eigenvalue weighted by molar-refractivity contribution is 0.139. The van der Waals surface area contributed by atoms with Crippen LogP contribution in [0, 0.1) is 13.8 Å². The van der Waals surface area contributed by atoms with Crippen LogP contribution >= 0.6 is 0 Å². The van der Waals surface area contributed by atoms with Crippen LogP contribution in [0.4, 0.5) is 5.82 Å². The van der Waals surface area contributed by atoms with Crippen LogP contribution in [-0.2, 0) is 6.42 Å². The van der Waals surface area contributed by atoms with E-state index in [1.807, 2.05) is 0 Å². The van der Waals surface area contributed by atoms with E-state index in [1.54, 1.807) is 0 Å². The molecule has 3 heterocycles. The van der Waals surface area contributed by atoms with E-state index < -0.39 is 6.10 Å². The van der Waals surface area contributed by atoms with Crippen molar-refractivity contribution in [1.29, 1.82) is 0 Å². The number of aliphatic hydroxyl groups excluding tert-OH is 1. The van der Waals surface area contributed by atoms with Crippen molar-refractivity contribution < 1.29 is 5.11 Å². The van der Waals surface area contributed by atoms with Crippen molar-refractivity contribution in [2.45, 2.75) is 78.0 Å². The highest BCUT2D eigenvalue weighted by Gasteiger charge is 2.36. The van der Waals surface area contributed by atoms with Gasteiger partial charge in [0.2, 0.25) is 0 Å². The van der Waals surface area contributed by atoms with Gasteiger partial charge in [-0.3, -0.25) is 0 Å². The second kappa shape index (κ2) is 10.8. The third-order valence-corrected chi connectivity index (χ3v) is 7.15. The number of rotatable bonds is 8. The third-order valence-electron chi connectivity index (χ3n) is 7.15. The smallest absolute Gasteiger partial charge is 0.154 e. The molecule has 1 aliphatic heterocycles. The molecule has 0 spiro atoms. The second-order valence-corrected chi connectivity index (χ2v) is 10.4. The lowest BCUT2D eigenvalue weighted by Gasteiger charge is -2.42. The number of nitrogens with zero attached hydrogens (tertiary/aromatic N) is 6. The van der Waals surface area contributed by atoms with E-state index in [-0.39, 0.29) is 12.1 Å². The molecule has 0 saturated heterocycles. The highest BCUT2D eigenvalue weighted by atomic mass is 16.3. The van der Waals surface area contributed by atoms with Crippen molar-refractivity contribution in [2.24, 2.45) is 0 Å². The van der Waals surface area contributed by atoms with Crippen molar-refractivity contribution in [3.63, 3.8) is 0 Å². The van der Waals surface area contributed by atoms with Gasteiger partial charge < -0.3 is 10.0 Å². The average molecular weight is 498 g/mol. The predicted octanol–water partition coefficient (Wildman–Crippen LogP) is 5.37. The van der Waals surface area contributed by atoms with Gasteiger partial charge in [-0.1, -0.05) is 66.1 Å². The number of aliphatic hydroxyl groups is 1. The number of benzene rings is 2. The summed E-state index contributed by atoms with van der Waals surface area (Å²) in [6, 6.07) is 17.2. The fraction of sp³-hybridized carbons (Fsp3) is 0.414. The highest BCUT2D eigenvalue weighted by molar-refractivity contribution is 5.80. The number of aromatic nitrogens is 6. The molecule has 5 rings (SSSR count). The van der Waals surface area contributed by atoms with Gasteiger partial charge in [0.05, 0.1) is 11.4 Å². The number of hydrogen-bond acceptors (Lipinski definition) is 7. The Morgan fingerprint density at radius 1 is 0.919 bits per heavy atom. The normalized spacial score (nSPS) is 17.3. The van der Waals surface area contributed by atoms with Crippen LogP contribution < -0.4 is 4.90 Å². The van der Waals surface area contributed by atoms with Crippen LogP contribution in [0.25, 0.3) is 22.5 Å². The first-order valence-corrected chi connectivity index (χ1v) is 13.2. The fourth-order valence-electron chi connectivity index (χ4n) is 5.21. The van der Waals surface area contributed by atoms with E-state index in [1.165, 1.54) is 11.1 Å². The number of fused-ring (bicyclic) bond motifs is 1. The predicted molar refractivity (Wildman–Crippen MR) is 145 cm³/mol. The molecular weight excluding hydrogens is 462 g/mol. The van der Waals surface area contributed by atoms with Crippen molar-refractivity contribution in [3.8, 4) is 22.5 Å². The number of aryl methyl sites for hydroxylation is 3. The zero-order valence-electron chi connectivity index (χ0n) is 22.0. The number of H-pyrrole nitrogens is 1. The zero-order valence-corrected chi connectivity index (χ0v) is 22.0. The minimum Gasteiger partial charge on any atom is -0.387 e. The first kappa shape index (κ1) is 25.0. The van der Waals surface area contributed by atoms with Crippen molar-refractivity contribution in [3.05, 3.63) is 71.2 Å². The molecule has 0 aliphatic carbocycles. The Labute approximate surface area is 218 Å². The largest absolute Gasteiger partial charge is 0.387 e. The van der Waals surface area contributed by atoms with Gasteiger partial charge in [-0.25, -0.2) is 15.1 Å². The van der Waals surface area contributed by atoms with E-state index in [9.17, 15) is 5.11 Å². The van der Waals surface area contributed by atoms with Crippen LogP contribution in [-0.4, -0.2) is 47.8 Å². The van der Waals surface area contributed by atoms with Crippen LogP contribution in [0.2, 0.25) is 0 Å². The molecular formula is C29H35N7O. The SMILES string of the molecule is Cc1ccc(-c2nc3c(nc2-c2ccc(C)cc2)N(C(C)C)C(CCCCc2nnn[nH]2)CC3O)cc1. The van der Waals surface area contributed by atoms with Gasteiger partial charge >= 0.3 is 0 Å². The van der Waals surface area contributed by atoms with Gasteiger partial charge in [-0.05, 0) is 57.4 Å². The van der Waals surface area contributed by atoms with Gasteiger partial charge in [0.1, 0.15) is 17.6 Å². The lowest BCUT2D eigenvalue weighted by Crippen LogP contribution is -2.46. The van der Waals surface area contributed by atoms with Crippen LogP contribution in [0.15, 0.2) is 48.5 Å². The van der Waals surface area contributed by atoms with Gasteiger partial charge in [0, 0.05) is 29.6 Å². The molecule has 2 N–H and O–H groups in total. The van der Waals surface area contributed by atoms with Crippen molar-refractivity contribution in [2.75, 3.05) is 4.90 Å². The molecule has 2 aromatic heterocycles. The third kappa shape index (κ3) is 5.39. The molecule has 4 aromatic rings. The van der Waals surface area contributed by atoms with Gasteiger partial charge in [-0.15, -0.1) is 5.10 Å². The number of unbranched alkanes of at least 4 members (excludes halogenated alkanes) is 1. The summed E-state index contributed by atoms with van der Waals surface area (Å²) in [5.41, 5.74) is 6.75. The molecule has 8 heteroatoms. The van der Waals surface area contributed by atoms with Gasteiger partial charge in [0.25, 0.3) is 0 Å². The summed E-state index contributed by atoms with van der Waals surface area (Å²) >= 11 is 0. The molecule has 0 radical (unpaired) electrons. The minimum absolute atomic E-state index is 0.181. The van der Waals surface area contributed by atoms with Gasteiger partial charge in [-0.2, -0.15) is 0 Å². The van der Waals surface area contributed by atoms with Crippen LogP contribution in [0.3, 0.4) is 0 Å². The molecule has 2 atom stereocenters. The Balaban J connectivity index is 1.52. The summed E-state index contributed by atoms with van der Waals surface area (Å²) in [7, 11) is 0. The first-order chi connectivity index (χ1) is 17.9. The molecule has 0 bridgehead atoms. The second-order valence-electron chi connectivity index (χ2n) is 10.4. The van der Waals surface area contributed by atoms with Crippen molar-refractivity contribution in [1.82, 2.24) is 30.6 Å². The summed E-state index contributed by atoms with van der Waals surface area (Å²) in [5, 5.41) is 25.4. The lowest BCUT2D eigenvalue weighted by atomic mass is 9.92. The monoisotopic (exact) mass is 497 g/mol. The molecule has 2 unspecified atom stereocenters. The number of aromatic amines is 1. The van der Waals surface area contributed by atoms with Crippen LogP contribution in [0.5, 0.6) is 0 Å². The Morgan fingerprint density at radius 3 is 2.11 bits per heavy atom. The fourth-order valence-corrected chi connectivity index (χ4v) is 5.21. The Hall–Kier alpha value is -3.65. The van der Waals surface area contributed by atoms with E-state index in [0.29, 0.717) is 12.1 Å². The van der Waals surface area contributed by atoms with Crippen LogP contribution in [0.1, 0.15) is 68.3 Å². The summed E-state index contributed by atoms with van der Waals surface area (Å²) in [6.07, 6.45) is 3.75. The molecule has 0 fully saturated rings. The molecule has 37 heavy (non-hydrogen) atoms. The minimum atomic E-state index is -0.655. The maximum Gasteiger partial charge on any atom is 0.154 e. The maximum atomic E-state index is 11.3.